The Labute approximate surface area is 208 Å². The Morgan fingerprint density at radius 2 is 1.97 bits per heavy atom. The fourth-order valence-corrected chi connectivity index (χ4v) is 3.85. The molecule has 2 aromatic heterocycles. The summed E-state index contributed by atoms with van der Waals surface area (Å²) in [6.45, 7) is 9.77. The van der Waals surface area contributed by atoms with Gasteiger partial charge in [-0.1, -0.05) is 20.8 Å². The predicted molar refractivity (Wildman–Crippen MR) is 125 cm³/mol. The number of rotatable bonds is 5. The van der Waals surface area contributed by atoms with E-state index in [-0.39, 0.29) is 11.5 Å². The van der Waals surface area contributed by atoms with E-state index in [0.717, 1.165) is 0 Å². The molecule has 1 amide bonds. The van der Waals surface area contributed by atoms with Gasteiger partial charge in [0.05, 0.1) is 5.69 Å². The Hall–Kier alpha value is -3.47. The van der Waals surface area contributed by atoms with Gasteiger partial charge in [-0.15, -0.1) is 0 Å². The molecule has 13 nitrogen and oxygen atoms in total. The normalized spacial score (nSPS) is 25.2. The van der Waals surface area contributed by atoms with Gasteiger partial charge in [-0.25, -0.2) is 19.1 Å². The zero-order chi connectivity index (χ0) is 27.1. The quantitative estimate of drug-likeness (QED) is 0.417. The standard InChI is InChI=1S/C23H32N6O7/c1-21(2,3)16(28-20(33)36-22(4,5)6)19(32)34-9-13-15(30)17(31)23(10-24,35-13)14-8-7-12-18(25)26-11-27-29(12)14/h7-8,11,13,15-17,30-31H,9H2,1-6H3,(H,28,33)(H2,25,26,27)/t13?,15-,16-,17-,23+/m1/s1. The lowest BCUT2D eigenvalue weighted by Gasteiger charge is -2.31. The number of carbonyl (C=O) groups excluding carboxylic acids is 2. The number of hydrogen-bond donors (Lipinski definition) is 4. The van der Waals surface area contributed by atoms with E-state index in [1.54, 1.807) is 47.6 Å². The van der Waals surface area contributed by atoms with Crippen LogP contribution in [0.3, 0.4) is 0 Å². The number of esters is 1. The molecule has 3 heterocycles. The molecule has 0 aromatic carbocycles. The second-order valence-corrected chi connectivity index (χ2v) is 10.7. The van der Waals surface area contributed by atoms with Crippen LogP contribution in [0.15, 0.2) is 18.5 Å². The lowest BCUT2D eigenvalue weighted by atomic mass is 9.87. The average molecular weight is 505 g/mol. The number of anilines is 1. The fraction of sp³-hybridized carbons (Fsp3) is 0.609. The minimum Gasteiger partial charge on any atom is -0.461 e. The molecule has 0 spiro atoms. The maximum Gasteiger partial charge on any atom is 0.408 e. The van der Waals surface area contributed by atoms with Crippen LogP contribution in [0.4, 0.5) is 10.6 Å². The zero-order valence-corrected chi connectivity index (χ0v) is 21.1. The lowest BCUT2D eigenvalue weighted by Crippen LogP contribution is -2.51. The number of carbonyl (C=O) groups is 2. The van der Waals surface area contributed by atoms with E-state index < -0.39 is 59.6 Å². The molecule has 1 saturated heterocycles. The van der Waals surface area contributed by atoms with Crippen molar-refractivity contribution in [3.63, 3.8) is 0 Å². The fourth-order valence-electron chi connectivity index (χ4n) is 3.85. The smallest absolute Gasteiger partial charge is 0.408 e. The molecule has 1 fully saturated rings. The number of alkyl carbamates (subject to hydrolysis) is 1. The van der Waals surface area contributed by atoms with Crippen molar-refractivity contribution in [1.29, 1.82) is 5.26 Å². The molecular weight excluding hydrogens is 472 g/mol. The van der Waals surface area contributed by atoms with Gasteiger partial charge in [-0.3, -0.25) is 0 Å². The summed E-state index contributed by atoms with van der Waals surface area (Å²) in [4.78, 5) is 29.1. The van der Waals surface area contributed by atoms with Crippen molar-refractivity contribution in [2.75, 3.05) is 12.3 Å². The summed E-state index contributed by atoms with van der Waals surface area (Å²) in [6.07, 6.45) is -4.14. The molecular formula is C23H32N6O7. The number of nitrogens with two attached hydrogens (primary N) is 1. The SMILES string of the molecule is CC(C)(C)OC(=O)N[C@H](C(=O)OCC1O[C@@](C#N)(c2ccc3c(N)ncnn23)[C@H](O)[C@@H]1O)C(C)(C)C. The first-order chi connectivity index (χ1) is 16.6. The van der Waals surface area contributed by atoms with E-state index >= 15 is 0 Å². The molecule has 1 aliphatic heterocycles. The number of nitriles is 1. The van der Waals surface area contributed by atoms with E-state index in [1.807, 2.05) is 6.07 Å². The van der Waals surface area contributed by atoms with Crippen molar-refractivity contribution in [2.45, 2.75) is 77.1 Å². The number of nitrogens with zero attached hydrogens (tertiary/aromatic N) is 4. The molecule has 0 saturated carbocycles. The van der Waals surface area contributed by atoms with Gasteiger partial charge in [0.25, 0.3) is 0 Å². The molecule has 36 heavy (non-hydrogen) atoms. The van der Waals surface area contributed by atoms with Crippen LogP contribution in [-0.2, 0) is 24.6 Å². The zero-order valence-electron chi connectivity index (χ0n) is 21.1. The summed E-state index contributed by atoms with van der Waals surface area (Å²) in [6, 6.07) is 3.86. The summed E-state index contributed by atoms with van der Waals surface area (Å²) in [5, 5.41) is 38.0. The van der Waals surface area contributed by atoms with Gasteiger partial charge in [0.15, 0.2) is 5.82 Å². The first kappa shape index (κ1) is 27.1. The molecule has 3 rings (SSSR count). The van der Waals surface area contributed by atoms with Gasteiger partial charge in [0, 0.05) is 0 Å². The Bertz CT molecular complexity index is 1180. The van der Waals surface area contributed by atoms with Crippen molar-refractivity contribution < 1.29 is 34.0 Å². The number of hydrogen-bond acceptors (Lipinski definition) is 11. The van der Waals surface area contributed by atoms with Crippen LogP contribution < -0.4 is 11.1 Å². The van der Waals surface area contributed by atoms with Gasteiger partial charge < -0.3 is 35.5 Å². The summed E-state index contributed by atoms with van der Waals surface area (Å²) in [5.41, 5.74) is 2.81. The summed E-state index contributed by atoms with van der Waals surface area (Å²) >= 11 is 0. The number of nitrogens with one attached hydrogen (secondary N) is 1. The maximum absolute atomic E-state index is 12.9. The number of aliphatic hydroxyl groups excluding tert-OH is 2. The lowest BCUT2D eigenvalue weighted by molar-refractivity contribution is -0.155. The highest BCUT2D eigenvalue weighted by molar-refractivity contribution is 5.82. The minimum atomic E-state index is -2.03. The van der Waals surface area contributed by atoms with E-state index in [4.69, 9.17) is 19.9 Å². The molecule has 5 N–H and O–H groups in total. The summed E-state index contributed by atoms with van der Waals surface area (Å²) in [5.74, 6) is -0.657. The van der Waals surface area contributed by atoms with Crippen LogP contribution in [0, 0.1) is 16.7 Å². The predicted octanol–water partition coefficient (Wildman–Crippen LogP) is 0.634. The van der Waals surface area contributed by atoms with Gasteiger partial charge in [0.1, 0.15) is 54.5 Å². The average Bonchev–Trinajstić information content (AvgIpc) is 3.30. The monoisotopic (exact) mass is 504 g/mol. The second kappa shape index (κ2) is 9.53. The molecule has 0 bridgehead atoms. The number of aromatic nitrogens is 3. The molecule has 2 aromatic rings. The molecule has 1 aliphatic rings. The minimum absolute atomic E-state index is 0.119. The molecule has 5 atom stereocenters. The van der Waals surface area contributed by atoms with E-state index in [1.165, 1.54) is 16.9 Å². The van der Waals surface area contributed by atoms with Gasteiger partial charge >= 0.3 is 12.1 Å². The van der Waals surface area contributed by atoms with Crippen LogP contribution in [0.1, 0.15) is 47.2 Å². The highest BCUT2D eigenvalue weighted by Crippen LogP contribution is 2.40. The maximum atomic E-state index is 12.9. The summed E-state index contributed by atoms with van der Waals surface area (Å²) < 4.78 is 17.7. The third-order valence-corrected chi connectivity index (χ3v) is 5.64. The Morgan fingerprint density at radius 3 is 2.56 bits per heavy atom. The topological polar surface area (TPSA) is 194 Å². The first-order valence-corrected chi connectivity index (χ1v) is 11.3. The third-order valence-electron chi connectivity index (χ3n) is 5.64. The third kappa shape index (κ3) is 5.20. The second-order valence-electron chi connectivity index (χ2n) is 10.7. The van der Waals surface area contributed by atoms with Crippen LogP contribution in [0.5, 0.6) is 0 Å². The number of fused-ring (bicyclic) bond motifs is 1. The van der Waals surface area contributed by atoms with Gasteiger partial charge in [0.2, 0.25) is 5.60 Å². The van der Waals surface area contributed by atoms with E-state index in [9.17, 15) is 25.1 Å². The van der Waals surface area contributed by atoms with E-state index in [0.29, 0.717) is 5.52 Å². The van der Waals surface area contributed by atoms with Gasteiger partial charge in [-0.2, -0.15) is 10.4 Å². The van der Waals surface area contributed by atoms with Crippen LogP contribution in [-0.4, -0.2) is 73.4 Å². The molecule has 1 unspecified atom stereocenters. The number of aliphatic hydroxyl groups is 2. The van der Waals surface area contributed by atoms with Crippen molar-refractivity contribution in [1.82, 2.24) is 19.9 Å². The largest absolute Gasteiger partial charge is 0.461 e. The van der Waals surface area contributed by atoms with Crippen molar-refractivity contribution in [2.24, 2.45) is 5.41 Å². The van der Waals surface area contributed by atoms with Crippen LogP contribution >= 0.6 is 0 Å². The number of nitrogen functional groups attached to an aromatic ring is 1. The van der Waals surface area contributed by atoms with E-state index in [2.05, 4.69) is 15.4 Å². The molecule has 0 radical (unpaired) electrons. The Morgan fingerprint density at radius 1 is 1.31 bits per heavy atom. The number of amides is 1. The molecule has 0 aliphatic carbocycles. The highest BCUT2D eigenvalue weighted by atomic mass is 16.6. The molecule has 196 valence electrons. The molecule has 13 heteroatoms. The summed E-state index contributed by atoms with van der Waals surface area (Å²) in [7, 11) is 0. The Balaban J connectivity index is 1.78. The van der Waals surface area contributed by atoms with Crippen LogP contribution in [0.2, 0.25) is 0 Å². The first-order valence-electron chi connectivity index (χ1n) is 11.3. The Kier molecular flexibility index (Phi) is 7.18. The van der Waals surface area contributed by atoms with Crippen molar-refractivity contribution >= 4 is 23.4 Å². The highest BCUT2D eigenvalue weighted by Gasteiger charge is 2.58. The van der Waals surface area contributed by atoms with Gasteiger partial charge in [-0.05, 0) is 38.3 Å². The van der Waals surface area contributed by atoms with Crippen molar-refractivity contribution in [3.8, 4) is 6.07 Å². The number of ether oxygens (including phenoxy) is 3. The van der Waals surface area contributed by atoms with Crippen LogP contribution in [0.25, 0.3) is 5.52 Å². The van der Waals surface area contributed by atoms with Crippen molar-refractivity contribution in [3.05, 3.63) is 24.2 Å².